The highest BCUT2D eigenvalue weighted by molar-refractivity contribution is 5.98. The molecule has 7 heteroatoms. The van der Waals surface area contributed by atoms with Gasteiger partial charge in [-0.15, -0.1) is 0 Å². The number of carbonyl (C=O) groups is 2. The first-order valence-corrected chi connectivity index (χ1v) is 9.12. The Bertz CT molecular complexity index is 942. The van der Waals surface area contributed by atoms with Crippen LogP contribution in [0.3, 0.4) is 0 Å². The third kappa shape index (κ3) is 5.80. The molecule has 2 aromatic carbocycles. The van der Waals surface area contributed by atoms with Crippen LogP contribution < -0.4 is 20.3 Å². The van der Waals surface area contributed by atoms with Gasteiger partial charge in [0.2, 0.25) is 0 Å². The third-order valence-electron chi connectivity index (χ3n) is 3.94. The van der Waals surface area contributed by atoms with Crippen LogP contribution in [0.15, 0.2) is 72.9 Å². The lowest BCUT2D eigenvalue weighted by Gasteiger charge is -2.09. The summed E-state index contributed by atoms with van der Waals surface area (Å²) in [6.07, 6.45) is 1.50. The van der Waals surface area contributed by atoms with E-state index in [1.165, 1.54) is 6.20 Å². The number of rotatable bonds is 7. The molecule has 0 radical (unpaired) electrons. The number of aromatic nitrogens is 1. The molecule has 3 rings (SSSR count). The first-order valence-electron chi connectivity index (χ1n) is 9.12. The van der Waals surface area contributed by atoms with Gasteiger partial charge in [0.25, 0.3) is 11.8 Å². The summed E-state index contributed by atoms with van der Waals surface area (Å²) < 4.78 is 11.1. The van der Waals surface area contributed by atoms with Crippen molar-refractivity contribution < 1.29 is 19.1 Å². The van der Waals surface area contributed by atoms with Crippen LogP contribution in [0.2, 0.25) is 0 Å². The highest BCUT2D eigenvalue weighted by atomic mass is 16.5. The quantitative estimate of drug-likeness (QED) is 0.604. The van der Waals surface area contributed by atoms with E-state index in [1.807, 2.05) is 31.2 Å². The maximum Gasteiger partial charge on any atom is 0.288 e. The molecule has 0 aliphatic carbocycles. The molecule has 0 aliphatic rings. The van der Waals surface area contributed by atoms with Crippen molar-refractivity contribution in [3.63, 3.8) is 0 Å². The molecule has 1 aromatic heterocycles. The second kappa shape index (κ2) is 9.89. The number of nitrogens with zero attached hydrogens (tertiary/aromatic N) is 1. The maximum atomic E-state index is 12.2. The molecule has 148 valence electrons. The molecule has 0 saturated heterocycles. The standard InChI is InChI=1S/C22H21N3O4/c1-2-28-18-10-12-19(13-11-18)29-15-16-6-8-17(9-7-16)21(26)24-25-22(27)20-5-3-4-14-23-20/h3-14H,2,15H2,1H3,(H,24,26)(H,25,27). The van der Waals surface area contributed by atoms with Gasteiger partial charge in [0.05, 0.1) is 6.61 Å². The average molecular weight is 391 g/mol. The van der Waals surface area contributed by atoms with E-state index in [1.54, 1.807) is 42.5 Å². The summed E-state index contributed by atoms with van der Waals surface area (Å²) in [7, 11) is 0. The molecule has 0 saturated carbocycles. The molecule has 0 bridgehead atoms. The molecule has 1 heterocycles. The van der Waals surface area contributed by atoms with Crippen LogP contribution >= 0.6 is 0 Å². The molecular weight excluding hydrogens is 370 g/mol. The van der Waals surface area contributed by atoms with Crippen molar-refractivity contribution in [2.24, 2.45) is 0 Å². The van der Waals surface area contributed by atoms with Crippen molar-refractivity contribution in [1.82, 2.24) is 15.8 Å². The Morgan fingerprint density at radius 1 is 0.828 bits per heavy atom. The lowest BCUT2D eigenvalue weighted by atomic mass is 10.1. The molecule has 2 amide bonds. The molecule has 3 aromatic rings. The number of hydrazine groups is 1. The number of amides is 2. The average Bonchev–Trinajstić information content (AvgIpc) is 2.78. The normalized spacial score (nSPS) is 10.1. The minimum Gasteiger partial charge on any atom is -0.494 e. The van der Waals surface area contributed by atoms with Gasteiger partial charge < -0.3 is 9.47 Å². The van der Waals surface area contributed by atoms with Crippen molar-refractivity contribution in [2.75, 3.05) is 6.61 Å². The molecule has 0 spiro atoms. The Labute approximate surface area is 168 Å². The van der Waals surface area contributed by atoms with Gasteiger partial charge in [-0.1, -0.05) is 18.2 Å². The van der Waals surface area contributed by atoms with Crippen LogP contribution in [0, 0.1) is 0 Å². The SMILES string of the molecule is CCOc1ccc(OCc2ccc(C(=O)NNC(=O)c3ccccn3)cc2)cc1. The molecule has 7 nitrogen and oxygen atoms in total. The second-order valence-electron chi connectivity index (χ2n) is 6.01. The highest BCUT2D eigenvalue weighted by Gasteiger charge is 2.09. The van der Waals surface area contributed by atoms with Crippen LogP contribution in [0.4, 0.5) is 0 Å². The summed E-state index contributed by atoms with van der Waals surface area (Å²) in [4.78, 5) is 28.0. The van der Waals surface area contributed by atoms with Gasteiger partial charge in [-0.2, -0.15) is 0 Å². The Hall–Kier alpha value is -3.87. The number of hydrogen-bond donors (Lipinski definition) is 2. The zero-order valence-electron chi connectivity index (χ0n) is 15.9. The number of ether oxygens (including phenoxy) is 2. The van der Waals surface area contributed by atoms with Crippen LogP contribution in [0.5, 0.6) is 11.5 Å². The van der Waals surface area contributed by atoms with Gasteiger partial charge in [0, 0.05) is 11.8 Å². The van der Waals surface area contributed by atoms with Gasteiger partial charge in [-0.3, -0.25) is 25.4 Å². The Morgan fingerprint density at radius 2 is 1.48 bits per heavy atom. The summed E-state index contributed by atoms with van der Waals surface area (Å²) in [6, 6.07) is 19.3. The zero-order chi connectivity index (χ0) is 20.5. The number of pyridine rings is 1. The summed E-state index contributed by atoms with van der Waals surface area (Å²) in [5, 5.41) is 0. The summed E-state index contributed by atoms with van der Waals surface area (Å²) in [6.45, 7) is 2.92. The van der Waals surface area contributed by atoms with Gasteiger partial charge >= 0.3 is 0 Å². The predicted octanol–water partition coefficient (Wildman–Crippen LogP) is 3.13. The fourth-order valence-corrected chi connectivity index (χ4v) is 2.46. The van der Waals surface area contributed by atoms with E-state index in [0.29, 0.717) is 18.8 Å². The summed E-state index contributed by atoms with van der Waals surface area (Å²) in [5.41, 5.74) is 6.25. The molecule has 2 N–H and O–H groups in total. The van der Waals surface area contributed by atoms with Gasteiger partial charge in [0.1, 0.15) is 23.8 Å². The van der Waals surface area contributed by atoms with Crippen molar-refractivity contribution in [3.05, 3.63) is 89.7 Å². The summed E-state index contributed by atoms with van der Waals surface area (Å²) >= 11 is 0. The molecule has 0 atom stereocenters. The Morgan fingerprint density at radius 3 is 2.10 bits per heavy atom. The van der Waals surface area contributed by atoms with Crippen LogP contribution in [-0.2, 0) is 6.61 Å². The third-order valence-corrected chi connectivity index (χ3v) is 3.94. The van der Waals surface area contributed by atoms with E-state index in [4.69, 9.17) is 9.47 Å². The molecule has 0 unspecified atom stereocenters. The lowest BCUT2D eigenvalue weighted by Crippen LogP contribution is -2.41. The topological polar surface area (TPSA) is 89.5 Å². The first-order chi connectivity index (χ1) is 14.2. The van der Waals surface area contributed by atoms with E-state index in [9.17, 15) is 9.59 Å². The molecule has 0 fully saturated rings. The van der Waals surface area contributed by atoms with E-state index < -0.39 is 11.8 Å². The van der Waals surface area contributed by atoms with Crippen molar-refractivity contribution >= 4 is 11.8 Å². The Kier molecular flexibility index (Phi) is 6.78. The monoisotopic (exact) mass is 391 g/mol. The minimum atomic E-state index is -0.487. The maximum absolute atomic E-state index is 12.2. The highest BCUT2D eigenvalue weighted by Crippen LogP contribution is 2.18. The lowest BCUT2D eigenvalue weighted by molar-refractivity contribution is 0.0844. The van der Waals surface area contributed by atoms with Crippen LogP contribution in [-0.4, -0.2) is 23.4 Å². The number of carbonyl (C=O) groups excluding carboxylic acids is 2. The largest absolute Gasteiger partial charge is 0.494 e. The smallest absolute Gasteiger partial charge is 0.288 e. The summed E-state index contributed by atoms with van der Waals surface area (Å²) in [5.74, 6) is 0.616. The number of benzene rings is 2. The minimum absolute atomic E-state index is 0.217. The zero-order valence-corrected chi connectivity index (χ0v) is 15.9. The van der Waals surface area contributed by atoms with Crippen LogP contribution in [0.1, 0.15) is 33.3 Å². The van der Waals surface area contributed by atoms with Gasteiger partial charge in [-0.25, -0.2) is 0 Å². The van der Waals surface area contributed by atoms with Gasteiger partial charge in [-0.05, 0) is 61.0 Å². The van der Waals surface area contributed by atoms with Gasteiger partial charge in [0.15, 0.2) is 0 Å². The fourth-order valence-electron chi connectivity index (χ4n) is 2.46. The fraction of sp³-hybridized carbons (Fsp3) is 0.136. The van der Waals surface area contributed by atoms with E-state index in [0.717, 1.165) is 17.1 Å². The second-order valence-corrected chi connectivity index (χ2v) is 6.01. The first kappa shape index (κ1) is 19.9. The van der Waals surface area contributed by atoms with E-state index in [2.05, 4.69) is 15.8 Å². The van der Waals surface area contributed by atoms with E-state index in [-0.39, 0.29) is 5.69 Å². The molecule has 29 heavy (non-hydrogen) atoms. The van der Waals surface area contributed by atoms with Crippen molar-refractivity contribution in [3.8, 4) is 11.5 Å². The van der Waals surface area contributed by atoms with E-state index >= 15 is 0 Å². The number of nitrogens with one attached hydrogen (secondary N) is 2. The predicted molar refractivity (Wildman–Crippen MR) is 108 cm³/mol. The van der Waals surface area contributed by atoms with Crippen LogP contribution in [0.25, 0.3) is 0 Å². The molecule has 0 aliphatic heterocycles. The molecular formula is C22H21N3O4. The number of hydrogen-bond acceptors (Lipinski definition) is 5. The Balaban J connectivity index is 1.48. The van der Waals surface area contributed by atoms with Crippen molar-refractivity contribution in [1.29, 1.82) is 0 Å². The van der Waals surface area contributed by atoms with Crippen molar-refractivity contribution in [2.45, 2.75) is 13.5 Å².